The van der Waals surface area contributed by atoms with Crippen molar-refractivity contribution in [1.82, 2.24) is 16.0 Å². The molecule has 73 heavy (non-hydrogen) atoms. The van der Waals surface area contributed by atoms with Crippen molar-refractivity contribution in [2.24, 2.45) is 0 Å². The molecule has 0 heterocycles. The third-order valence-corrected chi connectivity index (χ3v) is 15.4. The van der Waals surface area contributed by atoms with Gasteiger partial charge in [0.1, 0.15) is 19.6 Å². The zero-order chi connectivity index (χ0) is 53.3. The fraction of sp³-hybridized carbons (Fsp3) is 0.900. The number of hydrogen-bond donors (Lipinski definition) is 3. The average molecular weight is 1050 g/mol. The highest BCUT2D eigenvalue weighted by atomic mass is 27.3. The summed E-state index contributed by atoms with van der Waals surface area (Å²) in [5, 5.41) is 7.64. The molecule has 0 aliphatic heterocycles. The third-order valence-electron chi connectivity index (χ3n) is 14.0. The summed E-state index contributed by atoms with van der Waals surface area (Å²) in [6, 6.07) is 0. The van der Waals surface area contributed by atoms with Crippen LogP contribution in [0.15, 0.2) is 0 Å². The van der Waals surface area contributed by atoms with Gasteiger partial charge in [0.25, 0.3) is 17.9 Å². The Morgan fingerprint density at radius 3 is 0.562 bits per heavy atom. The molecule has 0 aliphatic carbocycles. The molecule has 3 N–H and O–H groups in total. The molecule has 0 bridgehead atoms. The van der Waals surface area contributed by atoms with Crippen molar-refractivity contribution >= 4 is 50.8 Å². The Balaban J connectivity index is 4.57. The standard InChI is InChI=1S/3C20H39NO3.Al/c3*1-2-3-4-5-6-7-8-9-10-11-12-13-14-15-16-17-19(22)21-18-20(23)24;/h3*2-18H2,1H3,(H,21,22)(H,23,24);/q;;;+3/p-3. The largest absolute Gasteiger partial charge is 1.20 e. The normalized spacial score (nSPS) is 11.1. The first-order chi connectivity index (χ1) is 35.7. The molecule has 12 nitrogen and oxygen atoms in total. The van der Waals surface area contributed by atoms with Crippen molar-refractivity contribution in [1.29, 1.82) is 0 Å². The summed E-state index contributed by atoms with van der Waals surface area (Å²) < 4.78 is 15.8. The zero-order valence-corrected chi connectivity index (χ0v) is 49.0. The zero-order valence-electron chi connectivity index (χ0n) is 47.8. The highest BCUT2D eigenvalue weighted by Crippen LogP contribution is 2.17. The molecule has 0 saturated heterocycles. The second-order valence-electron chi connectivity index (χ2n) is 21.2. The van der Waals surface area contributed by atoms with Gasteiger partial charge in [0.2, 0.25) is 17.7 Å². The topological polar surface area (TPSA) is 166 Å². The number of rotatable bonds is 57. The molecule has 0 unspecified atom stereocenters. The lowest BCUT2D eigenvalue weighted by molar-refractivity contribution is -0.148. The molecule has 0 saturated carbocycles. The number of hydrogen-bond acceptors (Lipinski definition) is 9. The van der Waals surface area contributed by atoms with Crippen molar-refractivity contribution in [3.05, 3.63) is 0 Å². The van der Waals surface area contributed by atoms with E-state index >= 15 is 0 Å². The molecular formula is C60H114AlN3O9. The smallest absolute Gasteiger partial charge is 0.549 e. The second-order valence-corrected chi connectivity index (χ2v) is 22.5. The lowest BCUT2D eigenvalue weighted by Crippen LogP contribution is -2.42. The molecule has 0 rings (SSSR count). The summed E-state index contributed by atoms with van der Waals surface area (Å²) in [7, 11) is 0. The van der Waals surface area contributed by atoms with E-state index in [4.69, 9.17) is 11.4 Å². The van der Waals surface area contributed by atoms with E-state index in [0.717, 1.165) is 57.8 Å². The van der Waals surface area contributed by atoms with Crippen LogP contribution in [0.2, 0.25) is 0 Å². The van der Waals surface area contributed by atoms with E-state index in [9.17, 15) is 28.8 Å². The van der Waals surface area contributed by atoms with Gasteiger partial charge in [-0.05, 0) is 19.3 Å². The minimum Gasteiger partial charge on any atom is -0.549 e. The van der Waals surface area contributed by atoms with Crippen LogP contribution in [0, 0.1) is 0 Å². The van der Waals surface area contributed by atoms with E-state index in [1.807, 2.05) is 0 Å². The Morgan fingerprint density at radius 1 is 0.247 bits per heavy atom. The van der Waals surface area contributed by atoms with Gasteiger partial charge in [-0.15, -0.1) is 0 Å². The van der Waals surface area contributed by atoms with Gasteiger partial charge in [-0.2, -0.15) is 0 Å². The predicted molar refractivity (Wildman–Crippen MR) is 302 cm³/mol. The highest BCUT2D eigenvalue weighted by Gasteiger charge is 2.49. The van der Waals surface area contributed by atoms with Crippen LogP contribution in [-0.2, 0) is 40.1 Å². The molecular weight excluding hydrogens is 934 g/mol. The third kappa shape index (κ3) is 55.4. The molecule has 0 aromatic carbocycles. The van der Waals surface area contributed by atoms with Crippen LogP contribution in [-0.4, -0.2) is 70.4 Å². The Morgan fingerprint density at radius 2 is 0.397 bits per heavy atom. The van der Waals surface area contributed by atoms with Crippen molar-refractivity contribution in [3.63, 3.8) is 0 Å². The molecule has 0 atom stereocenters. The van der Waals surface area contributed by atoms with Crippen LogP contribution in [0.25, 0.3) is 0 Å². The van der Waals surface area contributed by atoms with Crippen molar-refractivity contribution in [3.8, 4) is 0 Å². The second kappa shape index (κ2) is 57.1. The maximum atomic E-state index is 12.8. The number of unbranched alkanes of at least 4 members (excludes halogenated alkanes) is 42. The van der Waals surface area contributed by atoms with Crippen molar-refractivity contribution in [2.75, 3.05) is 19.6 Å². The molecule has 0 fully saturated rings. The van der Waals surface area contributed by atoms with Crippen LogP contribution >= 0.6 is 0 Å². The Labute approximate surface area is 453 Å². The molecule has 13 heteroatoms. The van der Waals surface area contributed by atoms with Crippen LogP contribution in [0.3, 0.4) is 0 Å². The average Bonchev–Trinajstić information content (AvgIpc) is 3.37. The first-order valence-electron chi connectivity index (χ1n) is 31.1. The van der Waals surface area contributed by atoms with Crippen molar-refractivity contribution in [2.45, 2.75) is 329 Å². The minimum atomic E-state index is -3.77. The van der Waals surface area contributed by atoms with Gasteiger partial charge in [-0.1, -0.05) is 290 Å². The maximum absolute atomic E-state index is 12.8. The van der Waals surface area contributed by atoms with E-state index in [0.29, 0.717) is 19.3 Å². The van der Waals surface area contributed by atoms with Gasteiger partial charge in [-0.3, -0.25) is 28.8 Å². The number of carbonyl (C=O) groups excluding carboxylic acids is 6. The summed E-state index contributed by atoms with van der Waals surface area (Å²) in [6.07, 6.45) is 56.0. The SMILES string of the molecule is CCCCCCCCCCCCCCCCCC(=O)NCC(=O)[O][Al]([O]C(=O)CNC(=O)CCCCCCCCCCCCCCCCC)[O]C(=O)CNC(=O)CCCCCCCCCCCCCCCCC. The molecule has 0 aliphatic rings. The van der Waals surface area contributed by atoms with Crippen LogP contribution in [0.5, 0.6) is 0 Å². The molecule has 0 radical (unpaired) electrons. The molecule has 0 spiro atoms. The van der Waals surface area contributed by atoms with E-state index in [-0.39, 0.29) is 37.0 Å². The summed E-state index contributed by atoms with van der Waals surface area (Å²) in [5.41, 5.74) is 0. The number of carbonyl (C=O) groups is 6. The summed E-state index contributed by atoms with van der Waals surface area (Å²) in [6.45, 7) is 5.31. The lowest BCUT2D eigenvalue weighted by Gasteiger charge is -2.14. The van der Waals surface area contributed by atoms with Gasteiger partial charge in [0.05, 0.1) is 0 Å². The Kier molecular flexibility index (Phi) is 55.0. The predicted octanol–water partition coefficient (Wildman–Crippen LogP) is 15.7. The van der Waals surface area contributed by atoms with Gasteiger partial charge < -0.3 is 27.3 Å². The molecule has 0 aromatic rings. The lowest BCUT2D eigenvalue weighted by atomic mass is 10.0. The Bertz CT molecular complexity index is 1150. The summed E-state index contributed by atoms with van der Waals surface area (Å²) >= 11 is -3.77. The maximum Gasteiger partial charge on any atom is 1.20 e. The van der Waals surface area contributed by atoms with E-state index in [1.54, 1.807) is 0 Å². The van der Waals surface area contributed by atoms with E-state index in [1.165, 1.54) is 212 Å². The quantitative estimate of drug-likeness (QED) is 0.0397. The van der Waals surface area contributed by atoms with Gasteiger partial charge >= 0.3 is 15.1 Å². The number of amides is 3. The fourth-order valence-electron chi connectivity index (χ4n) is 9.27. The first kappa shape index (κ1) is 70.4. The van der Waals surface area contributed by atoms with Crippen LogP contribution in [0.4, 0.5) is 0 Å². The highest BCUT2D eigenvalue weighted by molar-refractivity contribution is 6.44. The molecule has 426 valence electrons. The summed E-state index contributed by atoms with van der Waals surface area (Å²) in [5.74, 6) is -3.66. The first-order valence-corrected chi connectivity index (χ1v) is 32.5. The molecule has 0 aromatic heterocycles. The molecule has 3 amide bonds. The van der Waals surface area contributed by atoms with Gasteiger partial charge in [0, 0.05) is 19.3 Å². The van der Waals surface area contributed by atoms with E-state index < -0.39 is 52.7 Å². The number of nitrogens with one attached hydrogen (secondary N) is 3. The van der Waals surface area contributed by atoms with E-state index in [2.05, 4.69) is 36.7 Å². The monoisotopic (exact) mass is 1050 g/mol. The fourth-order valence-corrected chi connectivity index (χ4v) is 10.3. The minimum absolute atomic E-state index is 0.272. The van der Waals surface area contributed by atoms with Crippen LogP contribution in [0.1, 0.15) is 329 Å². The summed E-state index contributed by atoms with van der Waals surface area (Å²) in [4.78, 5) is 75.9. The van der Waals surface area contributed by atoms with Crippen molar-refractivity contribution < 1.29 is 40.1 Å². The van der Waals surface area contributed by atoms with Gasteiger partial charge in [-0.25, -0.2) is 0 Å². The van der Waals surface area contributed by atoms with Crippen LogP contribution < -0.4 is 16.0 Å². The Hall–Kier alpha value is -2.65. The van der Waals surface area contributed by atoms with Gasteiger partial charge in [0.15, 0.2) is 0 Å².